The van der Waals surface area contributed by atoms with Crippen molar-refractivity contribution >= 4 is 76.2 Å². The molecule has 0 radical (unpaired) electrons. The Kier molecular flexibility index (Phi) is 4.69. The van der Waals surface area contributed by atoms with Crippen LogP contribution in [0.15, 0.2) is 146 Å². The van der Waals surface area contributed by atoms with Crippen molar-refractivity contribution in [3.63, 3.8) is 0 Å². The SMILES string of the molecule is c1ccc(-n2c3ccccc3c3cc4c(cc32)c2ccccc2n4-c2cnc3c4ccccc4c4ccccc4c3n2)cc1. The van der Waals surface area contributed by atoms with Crippen molar-refractivity contribution in [3.05, 3.63) is 146 Å². The standard InChI is InChI=1S/C40H24N4/c1-2-12-25(13-3-1)43-34-20-10-8-16-28(34)32-23-37-33(22-36(32)43)29-17-9-11-21-35(29)44(37)38-24-41-39-30-18-6-4-14-26(30)27-15-5-7-19-31(27)40(39)42-38/h1-24H. The van der Waals surface area contributed by atoms with Crippen molar-refractivity contribution in [1.29, 1.82) is 0 Å². The van der Waals surface area contributed by atoms with E-state index in [0.29, 0.717) is 0 Å². The van der Waals surface area contributed by atoms with E-state index in [9.17, 15) is 0 Å². The summed E-state index contributed by atoms with van der Waals surface area (Å²) >= 11 is 0. The summed E-state index contributed by atoms with van der Waals surface area (Å²) < 4.78 is 4.67. The van der Waals surface area contributed by atoms with Crippen LogP contribution in [0.4, 0.5) is 0 Å². The van der Waals surface area contributed by atoms with Crippen LogP contribution in [-0.4, -0.2) is 19.1 Å². The summed E-state index contributed by atoms with van der Waals surface area (Å²) in [5.74, 6) is 0.815. The summed E-state index contributed by atoms with van der Waals surface area (Å²) in [6.45, 7) is 0. The first-order valence-electron chi connectivity index (χ1n) is 14.9. The Labute approximate surface area is 252 Å². The molecule has 0 fully saturated rings. The second kappa shape index (κ2) is 8.76. The van der Waals surface area contributed by atoms with Crippen molar-refractivity contribution in [2.45, 2.75) is 0 Å². The molecule has 4 nitrogen and oxygen atoms in total. The molecule has 10 aromatic rings. The number of aromatic nitrogens is 4. The fraction of sp³-hybridized carbons (Fsp3) is 0. The van der Waals surface area contributed by atoms with Crippen molar-refractivity contribution in [1.82, 2.24) is 19.1 Å². The molecule has 0 saturated carbocycles. The Morgan fingerprint density at radius 1 is 0.364 bits per heavy atom. The van der Waals surface area contributed by atoms with Gasteiger partial charge < -0.3 is 4.57 Å². The first-order chi connectivity index (χ1) is 21.8. The smallest absolute Gasteiger partial charge is 0.156 e. The lowest BCUT2D eigenvalue weighted by molar-refractivity contribution is 1.08. The Bertz CT molecular complexity index is 2730. The quantitative estimate of drug-likeness (QED) is 0.197. The molecule has 0 unspecified atom stereocenters. The average molecular weight is 561 g/mol. The predicted octanol–water partition coefficient (Wildman–Crippen LogP) is 10.1. The molecule has 7 aromatic carbocycles. The first kappa shape index (κ1) is 23.6. The van der Waals surface area contributed by atoms with Crippen molar-refractivity contribution in [2.75, 3.05) is 0 Å². The maximum atomic E-state index is 5.39. The molecule has 0 aliphatic rings. The van der Waals surface area contributed by atoms with Gasteiger partial charge in [0.25, 0.3) is 0 Å². The molecule has 0 atom stereocenters. The van der Waals surface area contributed by atoms with Crippen LogP contribution in [0.1, 0.15) is 0 Å². The van der Waals surface area contributed by atoms with Crippen LogP contribution in [-0.2, 0) is 0 Å². The van der Waals surface area contributed by atoms with Crippen LogP contribution < -0.4 is 0 Å². The largest absolute Gasteiger partial charge is 0.309 e. The van der Waals surface area contributed by atoms with Crippen LogP contribution in [0.3, 0.4) is 0 Å². The number of para-hydroxylation sites is 3. The fourth-order valence-corrected chi connectivity index (χ4v) is 7.25. The molecule has 0 aliphatic heterocycles. The molecule has 0 aliphatic carbocycles. The normalized spacial score (nSPS) is 12.1. The van der Waals surface area contributed by atoms with E-state index in [0.717, 1.165) is 44.3 Å². The van der Waals surface area contributed by atoms with E-state index in [4.69, 9.17) is 9.97 Å². The molecule has 3 heterocycles. The van der Waals surface area contributed by atoms with E-state index in [1.54, 1.807) is 0 Å². The van der Waals surface area contributed by atoms with Crippen LogP contribution in [0, 0.1) is 0 Å². The maximum Gasteiger partial charge on any atom is 0.156 e. The van der Waals surface area contributed by atoms with E-state index in [1.807, 2.05) is 6.20 Å². The van der Waals surface area contributed by atoms with Gasteiger partial charge in [-0.2, -0.15) is 0 Å². The highest BCUT2D eigenvalue weighted by Gasteiger charge is 2.20. The predicted molar refractivity (Wildman–Crippen MR) is 183 cm³/mol. The third kappa shape index (κ3) is 3.11. The van der Waals surface area contributed by atoms with Crippen molar-refractivity contribution in [3.8, 4) is 11.5 Å². The van der Waals surface area contributed by atoms with Crippen molar-refractivity contribution in [2.24, 2.45) is 0 Å². The number of nitrogens with zero attached hydrogens (tertiary/aromatic N) is 4. The van der Waals surface area contributed by atoms with Gasteiger partial charge in [-0.25, -0.2) is 4.98 Å². The highest BCUT2D eigenvalue weighted by atomic mass is 15.1. The number of fused-ring (bicyclic) bond motifs is 12. The zero-order chi connectivity index (χ0) is 28.8. The second-order valence-corrected chi connectivity index (χ2v) is 11.4. The van der Waals surface area contributed by atoms with Gasteiger partial charge in [0.15, 0.2) is 5.82 Å². The molecule has 3 aromatic heterocycles. The summed E-state index contributed by atoms with van der Waals surface area (Å²) in [5, 5.41) is 9.46. The van der Waals surface area contributed by atoms with Gasteiger partial charge in [-0.3, -0.25) is 9.55 Å². The second-order valence-electron chi connectivity index (χ2n) is 11.4. The first-order valence-corrected chi connectivity index (χ1v) is 14.9. The minimum Gasteiger partial charge on any atom is -0.309 e. The highest BCUT2D eigenvalue weighted by molar-refractivity contribution is 6.23. The average Bonchev–Trinajstić information content (AvgIpc) is 3.59. The van der Waals surface area contributed by atoms with Gasteiger partial charge in [-0.1, -0.05) is 103 Å². The number of hydrogen-bond acceptors (Lipinski definition) is 2. The van der Waals surface area contributed by atoms with Crippen LogP contribution in [0.5, 0.6) is 0 Å². The van der Waals surface area contributed by atoms with E-state index in [1.165, 1.54) is 43.4 Å². The molecule has 0 amide bonds. The molecule has 0 spiro atoms. The minimum absolute atomic E-state index is 0.815. The number of benzene rings is 7. The lowest BCUT2D eigenvalue weighted by atomic mass is 10.00. The van der Waals surface area contributed by atoms with Gasteiger partial charge in [-0.05, 0) is 47.2 Å². The van der Waals surface area contributed by atoms with E-state index < -0.39 is 0 Å². The molecular formula is C40H24N4. The number of hydrogen-bond donors (Lipinski definition) is 0. The van der Waals surface area contributed by atoms with Gasteiger partial charge in [-0.15, -0.1) is 0 Å². The van der Waals surface area contributed by atoms with Crippen molar-refractivity contribution < 1.29 is 0 Å². The van der Waals surface area contributed by atoms with Gasteiger partial charge in [0.1, 0.15) is 0 Å². The van der Waals surface area contributed by atoms with Crippen LogP contribution in [0.2, 0.25) is 0 Å². The lowest BCUT2D eigenvalue weighted by Crippen LogP contribution is -2.00. The summed E-state index contributed by atoms with van der Waals surface area (Å²) in [5.41, 5.74) is 7.62. The molecule has 0 saturated heterocycles. The summed E-state index contributed by atoms with van der Waals surface area (Å²) in [4.78, 5) is 10.5. The molecule has 10 rings (SSSR count). The Morgan fingerprint density at radius 2 is 0.841 bits per heavy atom. The van der Waals surface area contributed by atoms with Gasteiger partial charge in [0, 0.05) is 38.0 Å². The Balaban J connectivity index is 1.34. The molecular weight excluding hydrogens is 536 g/mol. The summed E-state index contributed by atoms with van der Waals surface area (Å²) in [7, 11) is 0. The third-order valence-electron chi connectivity index (χ3n) is 9.12. The molecule has 4 heteroatoms. The maximum absolute atomic E-state index is 5.39. The van der Waals surface area contributed by atoms with Crippen LogP contribution >= 0.6 is 0 Å². The summed E-state index contributed by atoms with van der Waals surface area (Å²) in [6, 6.07) is 49.7. The Morgan fingerprint density at radius 3 is 1.48 bits per heavy atom. The molecule has 0 bridgehead atoms. The van der Waals surface area contributed by atoms with Crippen LogP contribution in [0.25, 0.3) is 87.7 Å². The van der Waals surface area contributed by atoms with E-state index >= 15 is 0 Å². The third-order valence-corrected chi connectivity index (χ3v) is 9.12. The highest BCUT2D eigenvalue weighted by Crippen LogP contribution is 2.40. The topological polar surface area (TPSA) is 35.6 Å². The molecule has 0 N–H and O–H groups in total. The van der Waals surface area contributed by atoms with Gasteiger partial charge in [0.2, 0.25) is 0 Å². The molecule has 44 heavy (non-hydrogen) atoms. The van der Waals surface area contributed by atoms with E-state index in [2.05, 4.69) is 149 Å². The summed E-state index contributed by atoms with van der Waals surface area (Å²) in [6.07, 6.45) is 1.94. The minimum atomic E-state index is 0.815. The lowest BCUT2D eigenvalue weighted by Gasteiger charge is -2.12. The monoisotopic (exact) mass is 560 g/mol. The van der Waals surface area contributed by atoms with Gasteiger partial charge in [0.05, 0.1) is 39.3 Å². The zero-order valence-corrected chi connectivity index (χ0v) is 23.6. The number of rotatable bonds is 2. The molecule has 204 valence electrons. The van der Waals surface area contributed by atoms with Gasteiger partial charge >= 0.3 is 0 Å². The zero-order valence-electron chi connectivity index (χ0n) is 23.6. The Hall–Kier alpha value is -6.00. The fourth-order valence-electron chi connectivity index (χ4n) is 7.25. The van der Waals surface area contributed by atoms with E-state index in [-0.39, 0.29) is 0 Å².